The maximum Gasteiger partial charge on any atom is 0.339 e. The molecule has 0 saturated heterocycles. The van der Waals surface area contributed by atoms with Gasteiger partial charge in [-0.05, 0) is 30.3 Å². The minimum absolute atomic E-state index is 0.119. The van der Waals surface area contributed by atoms with Gasteiger partial charge in [-0.2, -0.15) is 5.10 Å². The van der Waals surface area contributed by atoms with E-state index in [0.29, 0.717) is 11.4 Å². The van der Waals surface area contributed by atoms with Gasteiger partial charge in [-0.3, -0.25) is 4.98 Å². The summed E-state index contributed by atoms with van der Waals surface area (Å²) in [4.78, 5) is 15.6. The van der Waals surface area contributed by atoms with Crippen molar-refractivity contribution >= 4 is 21.9 Å². The zero-order chi connectivity index (χ0) is 14.8. The van der Waals surface area contributed by atoms with Crippen LogP contribution < -0.4 is 0 Å². The highest BCUT2D eigenvalue weighted by Crippen LogP contribution is 2.23. The number of carboxylic acid groups (broad SMARTS) is 1. The molecule has 2 aromatic heterocycles. The van der Waals surface area contributed by atoms with Gasteiger partial charge in [-0.15, -0.1) is 0 Å². The maximum atomic E-state index is 11.4. The van der Waals surface area contributed by atoms with Gasteiger partial charge in [-0.1, -0.05) is 28.1 Å². The van der Waals surface area contributed by atoms with Gasteiger partial charge in [0.1, 0.15) is 11.3 Å². The van der Waals surface area contributed by atoms with Gasteiger partial charge in [0, 0.05) is 16.9 Å². The number of carboxylic acids is 1. The third-order valence-electron chi connectivity index (χ3n) is 2.92. The minimum atomic E-state index is -1.03. The summed E-state index contributed by atoms with van der Waals surface area (Å²) in [6.45, 7) is 0. The third kappa shape index (κ3) is 2.71. The summed E-state index contributed by atoms with van der Waals surface area (Å²) >= 11 is 3.39. The summed E-state index contributed by atoms with van der Waals surface area (Å²) in [5.74, 6) is -1.03. The van der Waals surface area contributed by atoms with Gasteiger partial charge >= 0.3 is 5.97 Å². The first-order chi connectivity index (χ1) is 10.1. The highest BCUT2D eigenvalue weighted by Gasteiger charge is 2.18. The van der Waals surface area contributed by atoms with Crippen molar-refractivity contribution in [2.45, 2.75) is 0 Å². The lowest BCUT2D eigenvalue weighted by atomic mass is 10.2. The van der Waals surface area contributed by atoms with Crippen LogP contribution in [0.1, 0.15) is 10.4 Å². The van der Waals surface area contributed by atoms with E-state index >= 15 is 0 Å². The molecule has 3 rings (SSSR count). The standard InChI is InChI=1S/C15H10BrN3O2/c16-10-4-3-5-11(8-10)19-9-12(15(20)21)14(18-19)13-6-1-2-7-17-13/h1-9H,(H,20,21). The summed E-state index contributed by atoms with van der Waals surface area (Å²) in [5.41, 5.74) is 1.77. The molecule has 6 heteroatoms. The zero-order valence-electron chi connectivity index (χ0n) is 10.8. The second kappa shape index (κ2) is 5.49. The van der Waals surface area contributed by atoms with Crippen LogP contribution in [0.5, 0.6) is 0 Å². The molecule has 0 radical (unpaired) electrons. The van der Waals surface area contributed by atoms with E-state index < -0.39 is 5.97 Å². The van der Waals surface area contributed by atoms with E-state index in [1.54, 1.807) is 24.4 Å². The fourth-order valence-electron chi connectivity index (χ4n) is 1.97. The first-order valence-corrected chi connectivity index (χ1v) is 6.95. The predicted molar refractivity (Wildman–Crippen MR) is 81.5 cm³/mol. The number of hydrogen-bond acceptors (Lipinski definition) is 3. The molecule has 5 nitrogen and oxygen atoms in total. The lowest BCUT2D eigenvalue weighted by Gasteiger charge is -2.01. The van der Waals surface area contributed by atoms with Crippen LogP contribution in [-0.4, -0.2) is 25.8 Å². The summed E-state index contributed by atoms with van der Waals surface area (Å²) in [5, 5.41) is 13.7. The van der Waals surface area contributed by atoms with Crippen molar-refractivity contribution in [3.63, 3.8) is 0 Å². The lowest BCUT2D eigenvalue weighted by molar-refractivity contribution is 0.0697. The van der Waals surface area contributed by atoms with Crippen molar-refractivity contribution in [3.05, 3.63) is 64.9 Å². The second-order valence-corrected chi connectivity index (χ2v) is 5.25. The molecule has 3 aromatic rings. The Kier molecular flexibility index (Phi) is 3.53. The van der Waals surface area contributed by atoms with E-state index in [2.05, 4.69) is 26.0 Å². The van der Waals surface area contributed by atoms with Crippen LogP contribution in [0, 0.1) is 0 Å². The minimum Gasteiger partial charge on any atom is -0.478 e. The Morgan fingerprint density at radius 1 is 1.19 bits per heavy atom. The Morgan fingerprint density at radius 2 is 2.05 bits per heavy atom. The zero-order valence-corrected chi connectivity index (χ0v) is 12.4. The number of carbonyl (C=O) groups is 1. The molecule has 0 unspecified atom stereocenters. The summed E-state index contributed by atoms with van der Waals surface area (Å²) < 4.78 is 2.44. The lowest BCUT2D eigenvalue weighted by Crippen LogP contribution is -1.97. The van der Waals surface area contributed by atoms with Gasteiger partial charge in [0.05, 0.1) is 11.4 Å². The number of halogens is 1. The fraction of sp³-hybridized carbons (Fsp3) is 0. The quantitative estimate of drug-likeness (QED) is 0.791. The monoisotopic (exact) mass is 343 g/mol. The van der Waals surface area contributed by atoms with Gasteiger partial charge in [0.15, 0.2) is 0 Å². The predicted octanol–water partition coefficient (Wildman–Crippen LogP) is 3.40. The van der Waals surface area contributed by atoms with E-state index in [0.717, 1.165) is 10.2 Å². The molecule has 0 aliphatic rings. The number of nitrogens with zero attached hydrogens (tertiary/aromatic N) is 3. The Hall–Kier alpha value is -2.47. The first-order valence-electron chi connectivity index (χ1n) is 6.15. The summed E-state index contributed by atoms with van der Waals surface area (Å²) in [6.07, 6.45) is 3.10. The van der Waals surface area contributed by atoms with Crippen molar-refractivity contribution in [2.24, 2.45) is 0 Å². The number of aromatic carboxylic acids is 1. The molecule has 0 saturated carbocycles. The van der Waals surface area contributed by atoms with E-state index in [4.69, 9.17) is 0 Å². The van der Waals surface area contributed by atoms with Crippen LogP contribution in [0.15, 0.2) is 59.3 Å². The van der Waals surface area contributed by atoms with Crippen LogP contribution in [0.25, 0.3) is 17.1 Å². The van der Waals surface area contributed by atoms with E-state index in [1.165, 1.54) is 10.9 Å². The van der Waals surface area contributed by atoms with Crippen LogP contribution in [0.3, 0.4) is 0 Å². The van der Waals surface area contributed by atoms with Gasteiger partial charge in [0.2, 0.25) is 0 Å². The highest BCUT2D eigenvalue weighted by molar-refractivity contribution is 9.10. The summed E-state index contributed by atoms with van der Waals surface area (Å²) in [7, 11) is 0. The van der Waals surface area contributed by atoms with E-state index in [1.807, 2.05) is 24.3 Å². The molecule has 0 spiro atoms. The second-order valence-electron chi connectivity index (χ2n) is 4.34. The van der Waals surface area contributed by atoms with Gasteiger partial charge in [-0.25, -0.2) is 9.48 Å². The largest absolute Gasteiger partial charge is 0.478 e. The maximum absolute atomic E-state index is 11.4. The third-order valence-corrected chi connectivity index (χ3v) is 3.42. The molecule has 0 aliphatic heterocycles. The number of aromatic nitrogens is 3. The number of hydrogen-bond donors (Lipinski definition) is 1. The highest BCUT2D eigenvalue weighted by atomic mass is 79.9. The molecule has 104 valence electrons. The van der Waals surface area contributed by atoms with Crippen LogP contribution in [-0.2, 0) is 0 Å². The normalized spacial score (nSPS) is 10.5. The Morgan fingerprint density at radius 3 is 2.71 bits per heavy atom. The SMILES string of the molecule is O=C(O)c1cn(-c2cccc(Br)c2)nc1-c1ccccn1. The molecule has 0 aliphatic carbocycles. The summed E-state index contributed by atoms with van der Waals surface area (Å²) in [6, 6.07) is 12.8. The average molecular weight is 344 g/mol. The fourth-order valence-corrected chi connectivity index (χ4v) is 2.36. The molecule has 21 heavy (non-hydrogen) atoms. The van der Waals surface area contributed by atoms with Crippen molar-refractivity contribution in [1.82, 2.24) is 14.8 Å². The molecular formula is C15H10BrN3O2. The smallest absolute Gasteiger partial charge is 0.339 e. The van der Waals surface area contributed by atoms with E-state index in [-0.39, 0.29) is 5.56 Å². The van der Waals surface area contributed by atoms with Crippen LogP contribution in [0.2, 0.25) is 0 Å². The molecular weight excluding hydrogens is 334 g/mol. The number of pyridine rings is 1. The Balaban J connectivity index is 2.15. The molecule has 0 fully saturated rings. The Bertz CT molecular complexity index is 800. The molecule has 2 heterocycles. The Labute approximate surface area is 129 Å². The van der Waals surface area contributed by atoms with Gasteiger partial charge < -0.3 is 5.11 Å². The average Bonchev–Trinajstić information content (AvgIpc) is 2.93. The molecule has 0 bridgehead atoms. The van der Waals surface area contributed by atoms with Crippen molar-refractivity contribution in [2.75, 3.05) is 0 Å². The first kappa shape index (κ1) is 13.5. The number of rotatable bonds is 3. The molecule has 0 atom stereocenters. The van der Waals surface area contributed by atoms with Gasteiger partial charge in [0.25, 0.3) is 0 Å². The van der Waals surface area contributed by atoms with Crippen molar-refractivity contribution in [3.8, 4) is 17.1 Å². The topological polar surface area (TPSA) is 68.0 Å². The number of benzene rings is 1. The van der Waals surface area contributed by atoms with Crippen molar-refractivity contribution < 1.29 is 9.90 Å². The molecule has 1 aromatic carbocycles. The van der Waals surface area contributed by atoms with Crippen LogP contribution >= 0.6 is 15.9 Å². The molecule has 0 amide bonds. The van der Waals surface area contributed by atoms with Crippen LogP contribution in [0.4, 0.5) is 0 Å². The van der Waals surface area contributed by atoms with E-state index in [9.17, 15) is 9.90 Å². The molecule has 1 N–H and O–H groups in total. The van der Waals surface area contributed by atoms with Crippen molar-refractivity contribution in [1.29, 1.82) is 0 Å².